The van der Waals surface area contributed by atoms with Gasteiger partial charge in [0.2, 0.25) is 0 Å². The zero-order chi connectivity index (χ0) is 25.3. The molecular weight excluding hydrogens is 486 g/mol. The van der Waals surface area contributed by atoms with Gasteiger partial charge in [-0.1, -0.05) is 42.5 Å². The zero-order valence-corrected chi connectivity index (χ0v) is 20.3. The number of aromatic nitrogens is 2. The molecule has 6 aromatic rings. The van der Waals surface area contributed by atoms with Crippen LogP contribution >= 0.6 is 12.2 Å². The molecule has 0 fully saturated rings. The van der Waals surface area contributed by atoms with Crippen molar-refractivity contribution in [2.45, 2.75) is 0 Å². The summed E-state index contributed by atoms with van der Waals surface area (Å²) in [4.78, 5) is 34.7. The average molecular weight is 506 g/mol. The summed E-state index contributed by atoms with van der Waals surface area (Å²) in [6.45, 7) is 0. The predicted molar refractivity (Wildman–Crippen MR) is 148 cm³/mol. The highest BCUT2D eigenvalue weighted by atomic mass is 32.1. The number of nitrogens with zero attached hydrogens (tertiary/aromatic N) is 1. The van der Waals surface area contributed by atoms with Gasteiger partial charge in [-0.05, 0) is 36.5 Å². The number of para-hydroxylation sites is 2. The molecule has 2 amide bonds. The number of hydrogen-bond acceptors (Lipinski definition) is 4. The van der Waals surface area contributed by atoms with Crippen LogP contribution in [0.25, 0.3) is 43.6 Å². The molecule has 0 saturated carbocycles. The Labute approximate surface area is 215 Å². The number of amides is 2. The fraction of sp³-hybridized carbons (Fsp3) is 0.0357. The Morgan fingerprint density at radius 3 is 1.95 bits per heavy atom. The van der Waals surface area contributed by atoms with Gasteiger partial charge >= 0.3 is 0 Å². The van der Waals surface area contributed by atoms with Crippen LogP contribution in [0.2, 0.25) is 0 Å². The number of anilines is 1. The lowest BCUT2D eigenvalue weighted by Crippen LogP contribution is -2.47. The fourth-order valence-corrected chi connectivity index (χ4v) is 5.44. The lowest BCUT2D eigenvalue weighted by Gasteiger charge is -2.18. The summed E-state index contributed by atoms with van der Waals surface area (Å²) in [5.41, 5.74) is 7.51. The van der Waals surface area contributed by atoms with Crippen molar-refractivity contribution >= 4 is 78.4 Å². The number of imide groups is 1. The van der Waals surface area contributed by atoms with Crippen molar-refractivity contribution in [3.8, 4) is 5.75 Å². The van der Waals surface area contributed by atoms with Crippen molar-refractivity contribution in [1.82, 2.24) is 20.4 Å². The number of nitrogens with one attached hydrogen (secondary N) is 4. The summed E-state index contributed by atoms with van der Waals surface area (Å²) in [5, 5.41) is 7.26. The van der Waals surface area contributed by atoms with E-state index in [1.807, 2.05) is 66.7 Å². The van der Waals surface area contributed by atoms with Crippen molar-refractivity contribution in [2.75, 3.05) is 12.4 Å². The Balaban J connectivity index is 1.40. The first-order valence-corrected chi connectivity index (χ1v) is 12.0. The molecular formula is C28H19N5O3S. The molecule has 37 heavy (non-hydrogen) atoms. The van der Waals surface area contributed by atoms with Gasteiger partial charge in [-0.2, -0.15) is 5.01 Å². The third-order valence-corrected chi connectivity index (χ3v) is 6.98. The molecule has 0 aliphatic carbocycles. The molecule has 0 bridgehead atoms. The number of hydrogen-bond donors (Lipinski definition) is 4. The molecule has 0 unspecified atom stereocenters. The van der Waals surface area contributed by atoms with E-state index in [0.29, 0.717) is 33.3 Å². The van der Waals surface area contributed by atoms with Crippen LogP contribution in [0, 0.1) is 0 Å². The van der Waals surface area contributed by atoms with Crippen molar-refractivity contribution in [1.29, 1.82) is 0 Å². The van der Waals surface area contributed by atoms with Crippen molar-refractivity contribution in [2.24, 2.45) is 0 Å². The van der Waals surface area contributed by atoms with Gasteiger partial charge in [-0.15, -0.1) is 0 Å². The molecule has 2 aromatic heterocycles. The lowest BCUT2D eigenvalue weighted by atomic mass is 9.97. The topological polar surface area (TPSA) is 102 Å². The lowest BCUT2D eigenvalue weighted by molar-refractivity contribution is 0.0614. The summed E-state index contributed by atoms with van der Waals surface area (Å²) in [6, 6.07) is 22.7. The number of methoxy groups -OCH3 is 1. The van der Waals surface area contributed by atoms with Gasteiger partial charge in [-0.25, -0.2) is 0 Å². The molecule has 1 aliphatic rings. The number of rotatable bonds is 3. The van der Waals surface area contributed by atoms with Crippen LogP contribution < -0.4 is 15.5 Å². The number of thiocarbonyl (C=S) groups is 1. The first-order valence-electron chi connectivity index (χ1n) is 11.6. The van der Waals surface area contributed by atoms with Gasteiger partial charge in [0.15, 0.2) is 5.11 Å². The number of benzene rings is 4. The van der Waals surface area contributed by atoms with E-state index < -0.39 is 11.8 Å². The van der Waals surface area contributed by atoms with E-state index in [-0.39, 0.29) is 5.11 Å². The summed E-state index contributed by atoms with van der Waals surface area (Å²) >= 11 is 5.46. The molecule has 0 atom stereocenters. The highest BCUT2D eigenvalue weighted by molar-refractivity contribution is 7.80. The van der Waals surface area contributed by atoms with Crippen LogP contribution in [-0.4, -0.2) is 39.0 Å². The first kappa shape index (κ1) is 21.4. The monoisotopic (exact) mass is 505 g/mol. The third kappa shape index (κ3) is 3.04. The second-order valence-corrected chi connectivity index (χ2v) is 9.24. The average Bonchev–Trinajstić information content (AvgIpc) is 3.55. The predicted octanol–water partition coefficient (Wildman–Crippen LogP) is 5.46. The number of carbonyl (C=O) groups is 2. The minimum atomic E-state index is -0.461. The smallest absolute Gasteiger partial charge is 0.281 e. The van der Waals surface area contributed by atoms with E-state index in [2.05, 4.69) is 20.7 Å². The molecule has 1 aliphatic heterocycles. The van der Waals surface area contributed by atoms with Gasteiger partial charge in [0, 0.05) is 44.3 Å². The molecule has 0 saturated heterocycles. The van der Waals surface area contributed by atoms with Gasteiger partial charge in [0.1, 0.15) is 5.75 Å². The fourth-order valence-electron chi connectivity index (χ4n) is 5.23. The third-order valence-electron chi connectivity index (χ3n) is 6.79. The molecule has 3 heterocycles. The number of carbonyl (C=O) groups excluding carboxylic acids is 2. The number of hydrazine groups is 1. The molecule has 7 rings (SSSR count). The van der Waals surface area contributed by atoms with E-state index in [9.17, 15) is 9.59 Å². The van der Waals surface area contributed by atoms with Crippen LogP contribution in [0.5, 0.6) is 5.75 Å². The van der Waals surface area contributed by atoms with Crippen molar-refractivity contribution < 1.29 is 14.3 Å². The Morgan fingerprint density at radius 2 is 1.38 bits per heavy atom. The summed E-state index contributed by atoms with van der Waals surface area (Å²) in [5.74, 6) is -0.273. The number of fused-ring (bicyclic) bond motifs is 10. The highest BCUT2D eigenvalue weighted by Gasteiger charge is 2.41. The maximum atomic E-state index is 13.9. The Bertz CT molecular complexity index is 1850. The molecule has 0 spiro atoms. The SMILES string of the molecule is COc1cccc(NC(=S)NN2C(=O)c3c(c4c5ccccc5[nH]c4c4[nH]c5ccccc5c34)C2=O)c1. The molecule has 9 heteroatoms. The van der Waals surface area contributed by atoms with Crippen molar-refractivity contribution in [3.05, 3.63) is 83.9 Å². The number of H-pyrrole nitrogens is 2. The summed E-state index contributed by atoms with van der Waals surface area (Å²) < 4.78 is 5.25. The quantitative estimate of drug-likeness (QED) is 0.188. The van der Waals surface area contributed by atoms with Crippen LogP contribution in [0.1, 0.15) is 20.7 Å². The minimum Gasteiger partial charge on any atom is -0.497 e. The van der Waals surface area contributed by atoms with Gasteiger partial charge < -0.3 is 20.0 Å². The van der Waals surface area contributed by atoms with Crippen LogP contribution in [0.4, 0.5) is 5.69 Å². The molecule has 4 aromatic carbocycles. The summed E-state index contributed by atoms with van der Waals surface area (Å²) in [6.07, 6.45) is 0. The van der Waals surface area contributed by atoms with E-state index in [1.165, 1.54) is 0 Å². The van der Waals surface area contributed by atoms with Gasteiger partial charge in [-0.3, -0.25) is 15.0 Å². The second-order valence-electron chi connectivity index (χ2n) is 8.83. The first-order chi connectivity index (χ1) is 18.0. The van der Waals surface area contributed by atoms with E-state index >= 15 is 0 Å². The standard InChI is InChI=1S/C28H19N5O3S/c1-36-15-8-6-7-14(13-15)29-28(37)32-33-26(34)22-20-16-9-2-4-11-18(16)30-24(20)25-21(23(22)27(33)35)17-10-3-5-12-19(17)31-25/h2-13,30-31H,1H3,(H2,29,32,37). The van der Waals surface area contributed by atoms with Crippen LogP contribution in [0.15, 0.2) is 72.8 Å². The Kier molecular flexibility index (Phi) is 4.51. The maximum absolute atomic E-state index is 13.9. The second kappa shape index (κ2) is 7.81. The van der Waals surface area contributed by atoms with Crippen LogP contribution in [0.3, 0.4) is 0 Å². The van der Waals surface area contributed by atoms with Gasteiger partial charge in [0.25, 0.3) is 11.8 Å². The summed E-state index contributed by atoms with van der Waals surface area (Å²) in [7, 11) is 1.57. The molecule has 180 valence electrons. The highest BCUT2D eigenvalue weighted by Crippen LogP contribution is 2.43. The number of ether oxygens (including phenoxy) is 1. The van der Waals surface area contributed by atoms with E-state index in [4.69, 9.17) is 17.0 Å². The maximum Gasteiger partial charge on any atom is 0.281 e. The van der Waals surface area contributed by atoms with Crippen LogP contribution in [-0.2, 0) is 0 Å². The van der Waals surface area contributed by atoms with Gasteiger partial charge in [0.05, 0.1) is 29.3 Å². The Hall–Kier alpha value is -4.89. The minimum absolute atomic E-state index is 0.105. The van der Waals surface area contributed by atoms with Crippen molar-refractivity contribution in [3.63, 3.8) is 0 Å². The molecule has 4 N–H and O–H groups in total. The largest absolute Gasteiger partial charge is 0.497 e. The molecule has 8 nitrogen and oxygen atoms in total. The van der Waals surface area contributed by atoms with E-state index in [1.54, 1.807) is 13.2 Å². The number of aromatic amines is 2. The zero-order valence-electron chi connectivity index (χ0n) is 19.5. The Morgan fingerprint density at radius 1 is 0.811 bits per heavy atom. The molecule has 0 radical (unpaired) electrons. The normalized spacial score (nSPS) is 13.2. The van der Waals surface area contributed by atoms with E-state index in [0.717, 1.165) is 37.8 Å².